The first-order valence-corrected chi connectivity index (χ1v) is 7.33. The summed E-state index contributed by atoms with van der Waals surface area (Å²) in [5.74, 6) is 4.71. The molecular formula is C15H29N. The number of likely N-dealkylation sites (tertiary alicyclic amines) is 1. The maximum Gasteiger partial charge on any atom is -0.00159 e. The highest BCUT2D eigenvalue weighted by Crippen LogP contribution is 2.46. The molecule has 0 aromatic carbocycles. The van der Waals surface area contributed by atoms with Gasteiger partial charge in [-0.3, -0.25) is 0 Å². The summed E-state index contributed by atoms with van der Waals surface area (Å²) in [6.07, 6.45) is 4.31. The predicted molar refractivity (Wildman–Crippen MR) is 70.4 cm³/mol. The van der Waals surface area contributed by atoms with Crippen LogP contribution in [0.3, 0.4) is 0 Å². The third kappa shape index (κ3) is 2.30. The van der Waals surface area contributed by atoms with Gasteiger partial charge in [0.2, 0.25) is 0 Å². The number of hydrogen-bond donors (Lipinski definition) is 0. The molecule has 4 unspecified atom stereocenters. The molecule has 2 rings (SSSR count). The summed E-state index contributed by atoms with van der Waals surface area (Å²) in [6.45, 7) is 14.0. The van der Waals surface area contributed by atoms with Crippen molar-refractivity contribution in [3.05, 3.63) is 0 Å². The van der Waals surface area contributed by atoms with Gasteiger partial charge in [-0.1, -0.05) is 27.7 Å². The summed E-state index contributed by atoms with van der Waals surface area (Å²) >= 11 is 0. The molecule has 0 amide bonds. The second-order valence-electron chi connectivity index (χ2n) is 6.44. The van der Waals surface area contributed by atoms with Crippen molar-refractivity contribution < 1.29 is 0 Å². The van der Waals surface area contributed by atoms with E-state index in [-0.39, 0.29) is 0 Å². The molecule has 94 valence electrons. The molecule has 2 aliphatic rings. The van der Waals surface area contributed by atoms with E-state index < -0.39 is 0 Å². The molecule has 0 aromatic heterocycles. The van der Waals surface area contributed by atoms with Crippen LogP contribution >= 0.6 is 0 Å². The van der Waals surface area contributed by atoms with Crippen molar-refractivity contribution >= 4 is 0 Å². The van der Waals surface area contributed by atoms with Crippen LogP contribution in [-0.2, 0) is 0 Å². The lowest BCUT2D eigenvalue weighted by Gasteiger charge is -2.24. The zero-order valence-electron chi connectivity index (χ0n) is 11.6. The Labute approximate surface area is 102 Å². The molecular weight excluding hydrogens is 194 g/mol. The van der Waals surface area contributed by atoms with Gasteiger partial charge in [-0.25, -0.2) is 0 Å². The lowest BCUT2D eigenvalue weighted by atomic mass is 9.86. The minimum atomic E-state index is 0.929. The topological polar surface area (TPSA) is 3.24 Å². The fraction of sp³-hybridized carbons (Fsp3) is 1.00. The van der Waals surface area contributed by atoms with Crippen molar-refractivity contribution in [1.29, 1.82) is 0 Å². The van der Waals surface area contributed by atoms with Gasteiger partial charge < -0.3 is 4.90 Å². The van der Waals surface area contributed by atoms with E-state index in [1.54, 1.807) is 0 Å². The van der Waals surface area contributed by atoms with Gasteiger partial charge in [0.05, 0.1) is 0 Å². The summed E-state index contributed by atoms with van der Waals surface area (Å²) in [7, 11) is 0. The third-order valence-corrected chi connectivity index (χ3v) is 5.82. The van der Waals surface area contributed by atoms with Gasteiger partial charge in [0.25, 0.3) is 0 Å². The Morgan fingerprint density at radius 2 is 1.31 bits per heavy atom. The smallest absolute Gasteiger partial charge is 0.00159 e. The maximum atomic E-state index is 2.67. The molecule has 1 nitrogen and oxygen atoms in total. The second kappa shape index (κ2) is 5.08. The van der Waals surface area contributed by atoms with E-state index in [4.69, 9.17) is 0 Å². The Morgan fingerprint density at radius 1 is 0.812 bits per heavy atom. The largest absolute Gasteiger partial charge is 0.303 e. The average molecular weight is 223 g/mol. The molecule has 0 spiro atoms. The molecule has 1 aliphatic heterocycles. The zero-order valence-corrected chi connectivity index (χ0v) is 11.6. The summed E-state index contributed by atoms with van der Waals surface area (Å²) in [5.41, 5.74) is 0. The molecule has 2 fully saturated rings. The van der Waals surface area contributed by atoms with Gasteiger partial charge in [0, 0.05) is 0 Å². The third-order valence-electron chi connectivity index (χ3n) is 5.82. The minimum absolute atomic E-state index is 0.929. The van der Waals surface area contributed by atoms with Gasteiger partial charge in [-0.05, 0) is 68.5 Å². The van der Waals surface area contributed by atoms with Gasteiger partial charge in [-0.2, -0.15) is 0 Å². The highest BCUT2D eigenvalue weighted by atomic mass is 15.1. The van der Waals surface area contributed by atoms with E-state index in [0.29, 0.717) is 0 Å². The molecule has 0 bridgehead atoms. The van der Waals surface area contributed by atoms with Crippen molar-refractivity contribution in [2.75, 3.05) is 19.6 Å². The van der Waals surface area contributed by atoms with Crippen LogP contribution in [0, 0.1) is 29.6 Å². The van der Waals surface area contributed by atoms with Crippen molar-refractivity contribution in [3.8, 4) is 0 Å². The van der Waals surface area contributed by atoms with Gasteiger partial charge >= 0.3 is 0 Å². The average Bonchev–Trinajstić information content (AvgIpc) is 2.84. The van der Waals surface area contributed by atoms with E-state index in [9.17, 15) is 0 Å². The lowest BCUT2D eigenvalue weighted by molar-refractivity contribution is 0.241. The van der Waals surface area contributed by atoms with Crippen LogP contribution in [0.5, 0.6) is 0 Å². The van der Waals surface area contributed by atoms with E-state index in [1.807, 2.05) is 0 Å². The van der Waals surface area contributed by atoms with Crippen molar-refractivity contribution in [2.45, 2.75) is 47.0 Å². The molecule has 1 heteroatoms. The molecule has 1 aliphatic carbocycles. The Bertz CT molecular complexity index is 205. The number of hydrogen-bond acceptors (Lipinski definition) is 1. The number of nitrogens with zero attached hydrogens (tertiary/aromatic N) is 1. The van der Waals surface area contributed by atoms with E-state index in [0.717, 1.165) is 29.6 Å². The molecule has 16 heavy (non-hydrogen) atoms. The van der Waals surface area contributed by atoms with Crippen LogP contribution in [-0.4, -0.2) is 24.5 Å². The Kier molecular flexibility index (Phi) is 3.94. The quantitative estimate of drug-likeness (QED) is 0.706. The molecule has 1 heterocycles. The van der Waals surface area contributed by atoms with Crippen molar-refractivity contribution in [1.82, 2.24) is 4.90 Å². The first-order chi connectivity index (χ1) is 7.61. The monoisotopic (exact) mass is 223 g/mol. The van der Waals surface area contributed by atoms with Crippen LogP contribution < -0.4 is 0 Å². The standard InChI is InChI=1S/C15H29N/c1-11-12(2)14(4)15(13(11)3)7-10-16-8-5-6-9-16/h11-15H,5-10H2,1-4H3. The maximum absolute atomic E-state index is 2.67. The molecule has 4 atom stereocenters. The Balaban J connectivity index is 1.84. The van der Waals surface area contributed by atoms with Crippen molar-refractivity contribution in [3.63, 3.8) is 0 Å². The normalized spacial score (nSPS) is 45.4. The summed E-state index contributed by atoms with van der Waals surface area (Å²) in [4.78, 5) is 2.67. The van der Waals surface area contributed by atoms with Gasteiger partial charge in [-0.15, -0.1) is 0 Å². The summed E-state index contributed by atoms with van der Waals surface area (Å²) in [5, 5.41) is 0. The summed E-state index contributed by atoms with van der Waals surface area (Å²) in [6, 6.07) is 0. The fourth-order valence-corrected chi connectivity index (χ4v) is 4.08. The van der Waals surface area contributed by atoms with E-state index in [1.165, 1.54) is 38.9 Å². The lowest BCUT2D eigenvalue weighted by Crippen LogP contribution is -2.25. The molecule has 1 saturated heterocycles. The minimum Gasteiger partial charge on any atom is -0.303 e. The SMILES string of the molecule is CC1C(C)C(C)C(CCN2CCCC2)C1C. The zero-order chi connectivity index (χ0) is 11.7. The van der Waals surface area contributed by atoms with E-state index >= 15 is 0 Å². The van der Waals surface area contributed by atoms with E-state index in [2.05, 4.69) is 32.6 Å². The second-order valence-corrected chi connectivity index (χ2v) is 6.44. The Hall–Kier alpha value is -0.0400. The Morgan fingerprint density at radius 3 is 1.81 bits per heavy atom. The summed E-state index contributed by atoms with van der Waals surface area (Å²) < 4.78 is 0. The molecule has 0 N–H and O–H groups in total. The molecule has 0 aromatic rings. The van der Waals surface area contributed by atoms with Crippen LogP contribution in [0.1, 0.15) is 47.0 Å². The number of rotatable bonds is 3. The highest BCUT2D eigenvalue weighted by Gasteiger charge is 2.40. The first-order valence-electron chi connectivity index (χ1n) is 7.33. The van der Waals surface area contributed by atoms with Crippen LogP contribution in [0.15, 0.2) is 0 Å². The van der Waals surface area contributed by atoms with Crippen LogP contribution in [0.25, 0.3) is 0 Å². The first kappa shape index (κ1) is 12.4. The molecule has 1 saturated carbocycles. The highest BCUT2D eigenvalue weighted by molar-refractivity contribution is 4.89. The van der Waals surface area contributed by atoms with Gasteiger partial charge in [0.1, 0.15) is 0 Å². The predicted octanol–water partition coefficient (Wildman–Crippen LogP) is 3.65. The molecule has 0 radical (unpaired) electrons. The van der Waals surface area contributed by atoms with Gasteiger partial charge in [0.15, 0.2) is 0 Å². The van der Waals surface area contributed by atoms with Crippen LogP contribution in [0.4, 0.5) is 0 Å². The van der Waals surface area contributed by atoms with Crippen LogP contribution in [0.2, 0.25) is 0 Å². The van der Waals surface area contributed by atoms with Crippen molar-refractivity contribution in [2.24, 2.45) is 29.6 Å². The fourth-order valence-electron chi connectivity index (χ4n) is 4.08.